The topological polar surface area (TPSA) is 79.1 Å². The fraction of sp³-hybridized carbons (Fsp3) is 0.211. The number of hydrogen-bond donors (Lipinski definition) is 2. The Hall–Kier alpha value is -0.835. The van der Waals surface area contributed by atoms with Crippen LogP contribution in [-0.4, -0.2) is 32.1 Å². The molecule has 0 aliphatic rings. The smallest absolute Gasteiger partial charge is 0.423 e. The second-order valence-corrected chi connectivity index (χ2v) is 8.29. The molecule has 0 unspecified atom stereocenters. The van der Waals surface area contributed by atoms with Crippen LogP contribution in [0.3, 0.4) is 0 Å². The summed E-state index contributed by atoms with van der Waals surface area (Å²) in [6, 6.07) is 5.75. The van der Waals surface area contributed by atoms with Gasteiger partial charge in [0.15, 0.2) is 0 Å². The third-order valence-electron chi connectivity index (χ3n) is 3.36. The molecule has 29 heavy (non-hydrogen) atoms. The molecule has 0 amide bonds. The summed E-state index contributed by atoms with van der Waals surface area (Å²) in [7, 11) is -1.41. The van der Waals surface area contributed by atoms with Crippen molar-refractivity contribution in [1.82, 2.24) is 15.0 Å². The van der Waals surface area contributed by atoms with Crippen LogP contribution in [0.5, 0.6) is 0 Å². The number of aryl methyl sites for hydroxylation is 2. The minimum absolute atomic E-state index is 0. The summed E-state index contributed by atoms with van der Waals surface area (Å²) in [6.07, 6.45) is 12.2. The second-order valence-electron chi connectivity index (χ2n) is 5.54. The maximum atomic E-state index is 8.76. The van der Waals surface area contributed by atoms with Crippen LogP contribution in [0.1, 0.15) is 25.0 Å². The first-order valence-electron chi connectivity index (χ1n) is 8.51. The van der Waals surface area contributed by atoms with E-state index in [1.54, 1.807) is 30.9 Å². The summed E-state index contributed by atoms with van der Waals surface area (Å²) in [5.74, 6) is 0. The number of rotatable bonds is 3. The van der Waals surface area contributed by atoms with Crippen molar-refractivity contribution in [3.05, 3.63) is 79.9 Å². The minimum Gasteiger partial charge on any atom is -0.423 e. The van der Waals surface area contributed by atoms with E-state index in [1.807, 2.05) is 19.2 Å². The highest BCUT2D eigenvalue weighted by Gasteiger charge is 2.10. The number of halogens is 4. The first kappa shape index (κ1) is 28.2. The van der Waals surface area contributed by atoms with Crippen LogP contribution >= 0.6 is 60.2 Å². The van der Waals surface area contributed by atoms with Crippen molar-refractivity contribution in [2.24, 2.45) is 0 Å². The molecule has 0 radical (unpaired) electrons. The van der Waals surface area contributed by atoms with Gasteiger partial charge >= 0.3 is 7.12 Å². The summed E-state index contributed by atoms with van der Waals surface area (Å²) in [4.78, 5) is 11.8. The molecule has 0 aliphatic carbocycles. The van der Waals surface area contributed by atoms with Crippen molar-refractivity contribution >= 4 is 72.8 Å². The van der Waals surface area contributed by atoms with Gasteiger partial charge in [-0.3, -0.25) is 15.0 Å². The Kier molecular flexibility index (Phi) is 15.5. The molecule has 2 N–H and O–H groups in total. The van der Waals surface area contributed by atoms with Crippen LogP contribution in [-0.2, 0) is 12.8 Å². The number of nitrogens with zero attached hydrogens (tertiary/aromatic N) is 3. The molecule has 3 aromatic heterocycles. The maximum absolute atomic E-state index is 8.76. The van der Waals surface area contributed by atoms with Gasteiger partial charge in [0.05, 0.1) is 0 Å². The lowest BCUT2D eigenvalue weighted by molar-refractivity contribution is 0.425. The van der Waals surface area contributed by atoms with Crippen molar-refractivity contribution in [1.29, 1.82) is 0 Å². The number of aromatic nitrogens is 3. The first-order chi connectivity index (χ1) is 13.3. The van der Waals surface area contributed by atoms with Crippen molar-refractivity contribution < 1.29 is 10.0 Å². The van der Waals surface area contributed by atoms with Gasteiger partial charge in [-0.15, -0.1) is 12.4 Å². The number of pyridine rings is 3. The average Bonchev–Trinajstić information content (AvgIpc) is 2.69. The molecule has 3 heterocycles. The summed E-state index contributed by atoms with van der Waals surface area (Å²) >= 11 is 9.88. The molecule has 0 fully saturated rings. The van der Waals surface area contributed by atoms with Crippen LogP contribution < -0.4 is 5.46 Å². The normalized spacial score (nSPS) is 9.21. The molecule has 5 nitrogen and oxygen atoms in total. The molecular weight excluding hydrogens is 588 g/mol. The third kappa shape index (κ3) is 12.5. The van der Waals surface area contributed by atoms with Gasteiger partial charge in [0.1, 0.15) is 0 Å². The summed E-state index contributed by atoms with van der Waals surface area (Å²) < 4.78 is 3.04. The molecule has 0 spiro atoms. The van der Waals surface area contributed by atoms with Crippen LogP contribution in [0, 0.1) is 0 Å². The van der Waals surface area contributed by atoms with E-state index in [-0.39, 0.29) is 12.4 Å². The molecule has 0 aliphatic heterocycles. The van der Waals surface area contributed by atoms with Gasteiger partial charge in [0.25, 0.3) is 0 Å². The largest absolute Gasteiger partial charge is 0.490 e. The Morgan fingerprint density at radius 3 is 1.45 bits per heavy atom. The SMILES string of the molecule is Brc1cncc(Br)c1.CCc1cncc(B(O)O)c1.CCc1cncc(Br)c1.Cl. The molecule has 0 aromatic carbocycles. The van der Waals surface area contributed by atoms with E-state index in [0.29, 0.717) is 5.46 Å². The molecule has 0 saturated heterocycles. The highest BCUT2D eigenvalue weighted by Crippen LogP contribution is 2.13. The van der Waals surface area contributed by atoms with Gasteiger partial charge in [0.2, 0.25) is 0 Å². The van der Waals surface area contributed by atoms with Gasteiger partial charge in [-0.2, -0.15) is 0 Å². The lowest BCUT2D eigenvalue weighted by Gasteiger charge is -1.99. The van der Waals surface area contributed by atoms with E-state index in [9.17, 15) is 0 Å². The fourth-order valence-corrected chi connectivity index (χ4v) is 3.33. The summed E-state index contributed by atoms with van der Waals surface area (Å²) in [5, 5.41) is 17.5. The standard InChI is InChI=1S/C7H10BNO2.C7H8BrN.C5H3Br2N.ClH/c1-2-6-3-7(8(10)11)5-9-4-6;1-2-6-3-7(8)5-9-4-6;6-4-1-5(7)3-8-2-4;/h3-5,10-11H,2H2,1H3;3-5H,2H2,1H3;1-3H;1H. The molecule has 0 saturated carbocycles. The van der Waals surface area contributed by atoms with Crippen molar-refractivity contribution in [3.8, 4) is 0 Å². The lowest BCUT2D eigenvalue weighted by Crippen LogP contribution is -2.30. The quantitative estimate of drug-likeness (QED) is 0.419. The van der Waals surface area contributed by atoms with Gasteiger partial charge < -0.3 is 10.0 Å². The fourth-order valence-electron chi connectivity index (χ4n) is 1.88. The Morgan fingerprint density at radius 1 is 0.690 bits per heavy atom. The van der Waals surface area contributed by atoms with Crippen molar-refractivity contribution in [3.63, 3.8) is 0 Å². The van der Waals surface area contributed by atoms with E-state index < -0.39 is 7.12 Å². The lowest BCUT2D eigenvalue weighted by atomic mass is 9.81. The van der Waals surface area contributed by atoms with E-state index in [1.165, 1.54) is 11.8 Å². The van der Waals surface area contributed by atoms with Crippen LogP contribution in [0.2, 0.25) is 0 Å². The second kappa shape index (κ2) is 15.9. The zero-order chi connectivity index (χ0) is 20.9. The Labute approximate surface area is 203 Å². The minimum atomic E-state index is -1.41. The zero-order valence-corrected chi connectivity index (χ0v) is 21.5. The Morgan fingerprint density at radius 2 is 1.10 bits per heavy atom. The Balaban J connectivity index is 0.000000404. The average molecular weight is 610 g/mol. The first-order valence-corrected chi connectivity index (χ1v) is 10.9. The van der Waals surface area contributed by atoms with E-state index in [0.717, 1.165) is 31.8 Å². The van der Waals surface area contributed by atoms with Crippen LogP contribution in [0.4, 0.5) is 0 Å². The van der Waals surface area contributed by atoms with Crippen LogP contribution in [0.15, 0.2) is 68.8 Å². The summed E-state index contributed by atoms with van der Waals surface area (Å²) in [5.41, 5.74) is 2.73. The van der Waals surface area contributed by atoms with Crippen molar-refractivity contribution in [2.45, 2.75) is 26.7 Å². The van der Waals surface area contributed by atoms with E-state index >= 15 is 0 Å². The van der Waals surface area contributed by atoms with Crippen LogP contribution in [0.25, 0.3) is 0 Å². The highest BCUT2D eigenvalue weighted by molar-refractivity contribution is 9.11. The molecule has 156 valence electrons. The molecule has 3 aromatic rings. The monoisotopic (exact) mass is 607 g/mol. The van der Waals surface area contributed by atoms with Gasteiger partial charge in [0, 0.05) is 56.1 Å². The molecule has 10 heteroatoms. The maximum Gasteiger partial charge on any atom is 0.490 e. The van der Waals surface area contributed by atoms with E-state index in [4.69, 9.17) is 10.0 Å². The molecule has 3 rings (SSSR count). The highest BCUT2D eigenvalue weighted by atomic mass is 79.9. The molecule has 0 atom stereocenters. The zero-order valence-electron chi connectivity index (χ0n) is 16.0. The molecular formula is C19H22BBr3ClN3O2. The predicted octanol–water partition coefficient (Wildman–Crippen LogP) is 4.76. The third-order valence-corrected chi connectivity index (χ3v) is 4.66. The predicted molar refractivity (Wildman–Crippen MR) is 132 cm³/mol. The number of hydrogen-bond acceptors (Lipinski definition) is 5. The molecule has 0 bridgehead atoms. The van der Waals surface area contributed by atoms with Gasteiger partial charge in [-0.1, -0.05) is 19.9 Å². The Bertz CT molecular complexity index is 843. The van der Waals surface area contributed by atoms with E-state index in [2.05, 4.69) is 75.7 Å². The summed E-state index contributed by atoms with van der Waals surface area (Å²) in [6.45, 7) is 4.11. The van der Waals surface area contributed by atoms with Crippen molar-refractivity contribution in [2.75, 3.05) is 0 Å². The van der Waals surface area contributed by atoms with Gasteiger partial charge in [-0.25, -0.2) is 0 Å². The van der Waals surface area contributed by atoms with Gasteiger partial charge in [-0.05, 0) is 83.9 Å².